The van der Waals surface area contributed by atoms with Crippen LogP contribution < -0.4 is 9.46 Å². The third-order valence-corrected chi connectivity index (χ3v) is 6.90. The molecule has 0 spiro atoms. The average Bonchev–Trinajstić information content (AvgIpc) is 3.01. The summed E-state index contributed by atoms with van der Waals surface area (Å²) in [4.78, 5) is 1.94. The van der Waals surface area contributed by atoms with Gasteiger partial charge in [-0.25, -0.2) is 12.8 Å². The molecule has 3 rings (SSSR count). The Hall–Kier alpha value is -1.87. The fourth-order valence-electron chi connectivity index (χ4n) is 2.33. The van der Waals surface area contributed by atoms with Crippen molar-refractivity contribution in [2.75, 3.05) is 32.0 Å². The highest BCUT2D eigenvalue weighted by Gasteiger charge is 2.20. The lowest BCUT2D eigenvalue weighted by atomic mass is 10.3. The highest BCUT2D eigenvalue weighted by atomic mass is 35.5. The number of benzene rings is 2. The third-order valence-electron chi connectivity index (χ3n) is 3.71. The molecular weight excluding hydrogens is 411 g/mol. The van der Waals surface area contributed by atoms with E-state index in [4.69, 9.17) is 16.3 Å². The Balaban J connectivity index is 1.78. The lowest BCUT2D eigenvalue weighted by molar-refractivity contribution is 0.260. The minimum absolute atomic E-state index is 0.0884. The smallest absolute Gasteiger partial charge is 0.271 e. The Morgan fingerprint density at radius 3 is 2.67 bits per heavy atom. The van der Waals surface area contributed by atoms with Gasteiger partial charge < -0.3 is 9.64 Å². The molecule has 1 aromatic heterocycles. The number of nitrogens with zero attached hydrogens (tertiary/aromatic N) is 1. The highest BCUT2D eigenvalue weighted by Crippen LogP contribution is 2.32. The maximum atomic E-state index is 14.3. The molecule has 1 heterocycles. The normalized spacial score (nSPS) is 11.9. The molecule has 144 valence electrons. The van der Waals surface area contributed by atoms with E-state index in [9.17, 15) is 12.8 Å². The Kier molecular flexibility index (Phi) is 5.90. The van der Waals surface area contributed by atoms with Crippen molar-refractivity contribution < 1.29 is 17.5 Å². The van der Waals surface area contributed by atoms with Crippen molar-refractivity contribution in [2.45, 2.75) is 4.21 Å². The second-order valence-corrected chi connectivity index (χ2v) is 9.58. The molecule has 0 aliphatic heterocycles. The molecule has 0 bridgehead atoms. The first-order chi connectivity index (χ1) is 12.7. The molecule has 9 heteroatoms. The van der Waals surface area contributed by atoms with Crippen molar-refractivity contribution in [3.63, 3.8) is 0 Å². The Morgan fingerprint density at radius 1 is 1.19 bits per heavy atom. The van der Waals surface area contributed by atoms with Crippen LogP contribution in [0.1, 0.15) is 0 Å². The van der Waals surface area contributed by atoms with E-state index in [0.717, 1.165) is 27.5 Å². The second kappa shape index (κ2) is 8.02. The number of ether oxygens (including phenoxy) is 1. The number of likely N-dealkylation sites (N-methyl/N-ethyl adjacent to an activating group) is 1. The molecule has 0 aliphatic rings. The SMILES string of the molecule is CN(C)CCOc1ccc(NS(=O)(=O)c2cc3cc(Cl)ccc3s2)c(F)c1. The molecule has 0 saturated heterocycles. The number of sulfonamides is 1. The lowest BCUT2D eigenvalue weighted by Gasteiger charge is -2.12. The molecule has 27 heavy (non-hydrogen) atoms. The van der Waals surface area contributed by atoms with Gasteiger partial charge in [0.1, 0.15) is 16.6 Å². The first-order valence-corrected chi connectivity index (χ1v) is 10.7. The molecule has 0 amide bonds. The lowest BCUT2D eigenvalue weighted by Crippen LogP contribution is -2.19. The van der Waals surface area contributed by atoms with Gasteiger partial charge in [-0.2, -0.15) is 0 Å². The molecule has 3 aromatic rings. The Morgan fingerprint density at radius 2 is 1.96 bits per heavy atom. The molecule has 1 N–H and O–H groups in total. The van der Waals surface area contributed by atoms with Gasteiger partial charge in [0.2, 0.25) is 0 Å². The predicted molar refractivity (Wildman–Crippen MR) is 108 cm³/mol. The van der Waals surface area contributed by atoms with Crippen molar-refractivity contribution in [2.24, 2.45) is 0 Å². The van der Waals surface area contributed by atoms with Gasteiger partial charge in [0.25, 0.3) is 10.0 Å². The molecule has 0 atom stereocenters. The maximum Gasteiger partial charge on any atom is 0.271 e. The van der Waals surface area contributed by atoms with E-state index in [1.165, 1.54) is 18.2 Å². The number of fused-ring (bicyclic) bond motifs is 1. The first-order valence-electron chi connectivity index (χ1n) is 8.03. The van der Waals surface area contributed by atoms with E-state index < -0.39 is 15.8 Å². The maximum absolute atomic E-state index is 14.3. The van der Waals surface area contributed by atoms with Gasteiger partial charge in [-0.15, -0.1) is 11.3 Å². The molecule has 5 nitrogen and oxygen atoms in total. The summed E-state index contributed by atoms with van der Waals surface area (Å²) in [5.74, 6) is -0.362. The van der Waals surface area contributed by atoms with Crippen LogP contribution in [0.2, 0.25) is 5.02 Å². The number of thiophene rings is 1. The monoisotopic (exact) mass is 428 g/mol. The van der Waals surface area contributed by atoms with Crippen LogP contribution in [-0.4, -0.2) is 40.6 Å². The summed E-state index contributed by atoms with van der Waals surface area (Å²) in [7, 11) is -0.101. The van der Waals surface area contributed by atoms with E-state index in [1.54, 1.807) is 18.2 Å². The van der Waals surface area contributed by atoms with Crippen LogP contribution in [0.4, 0.5) is 10.1 Å². The van der Waals surface area contributed by atoms with Gasteiger partial charge in [0.05, 0.1) is 5.69 Å². The summed E-state index contributed by atoms with van der Waals surface area (Å²) >= 11 is 7.03. The van der Waals surface area contributed by atoms with Crippen molar-refractivity contribution in [3.8, 4) is 5.75 Å². The quantitative estimate of drug-likeness (QED) is 0.604. The summed E-state index contributed by atoms with van der Waals surface area (Å²) < 4.78 is 48.1. The standard InChI is InChI=1S/C18H18ClFN2O3S2/c1-22(2)7-8-25-14-4-5-16(15(20)11-14)21-27(23,24)18-10-12-9-13(19)3-6-17(12)26-18/h3-6,9-11,21H,7-8H2,1-2H3. The van der Waals surface area contributed by atoms with Gasteiger partial charge in [0, 0.05) is 22.3 Å². The van der Waals surface area contributed by atoms with Crippen LogP contribution in [0, 0.1) is 5.82 Å². The molecule has 0 unspecified atom stereocenters. The zero-order valence-corrected chi connectivity index (χ0v) is 17.1. The van der Waals surface area contributed by atoms with Crippen LogP contribution in [0.3, 0.4) is 0 Å². The fraction of sp³-hybridized carbons (Fsp3) is 0.222. The molecule has 2 aromatic carbocycles. The second-order valence-electron chi connectivity index (χ2n) is 6.15. The predicted octanol–water partition coefficient (Wildman–Crippen LogP) is 4.44. The third kappa shape index (κ3) is 4.90. The van der Waals surface area contributed by atoms with Crippen molar-refractivity contribution in [3.05, 3.63) is 53.3 Å². The number of halogens is 2. The van der Waals surface area contributed by atoms with Crippen LogP contribution in [0.15, 0.2) is 46.7 Å². The van der Waals surface area contributed by atoms with E-state index >= 15 is 0 Å². The summed E-state index contributed by atoms with van der Waals surface area (Å²) in [6, 6.07) is 10.7. The van der Waals surface area contributed by atoms with E-state index in [0.29, 0.717) is 23.9 Å². The van der Waals surface area contributed by atoms with Gasteiger partial charge >= 0.3 is 0 Å². The molecular formula is C18H18ClFN2O3S2. The first kappa shape index (κ1) is 19.9. The van der Waals surface area contributed by atoms with Crippen LogP contribution >= 0.6 is 22.9 Å². The Bertz CT molecular complexity index is 1070. The molecule has 0 aliphatic carbocycles. The zero-order valence-electron chi connectivity index (χ0n) is 14.7. The summed E-state index contributed by atoms with van der Waals surface area (Å²) in [5, 5.41) is 1.24. The van der Waals surface area contributed by atoms with Gasteiger partial charge in [-0.1, -0.05) is 11.6 Å². The molecule has 0 saturated carbocycles. The largest absolute Gasteiger partial charge is 0.492 e. The Labute approximate surface area is 166 Å². The number of nitrogens with one attached hydrogen (secondary N) is 1. The van der Waals surface area contributed by atoms with Crippen LogP contribution in [0.25, 0.3) is 10.1 Å². The summed E-state index contributed by atoms with van der Waals surface area (Å²) in [6.07, 6.45) is 0. The van der Waals surface area contributed by atoms with E-state index in [2.05, 4.69) is 4.72 Å². The fourth-order valence-corrected chi connectivity index (χ4v) is 4.96. The van der Waals surface area contributed by atoms with E-state index in [1.807, 2.05) is 19.0 Å². The van der Waals surface area contributed by atoms with Crippen LogP contribution in [-0.2, 0) is 10.0 Å². The minimum Gasteiger partial charge on any atom is -0.492 e. The van der Waals surface area contributed by atoms with Crippen LogP contribution in [0.5, 0.6) is 5.75 Å². The molecule has 0 radical (unpaired) electrons. The van der Waals surface area contributed by atoms with Gasteiger partial charge in [-0.3, -0.25) is 4.72 Å². The van der Waals surface area contributed by atoms with Gasteiger partial charge in [-0.05, 0) is 55.9 Å². The number of anilines is 1. The number of rotatable bonds is 7. The zero-order chi connectivity index (χ0) is 19.6. The summed E-state index contributed by atoms with van der Waals surface area (Å²) in [6.45, 7) is 1.09. The summed E-state index contributed by atoms with van der Waals surface area (Å²) in [5.41, 5.74) is -0.134. The topological polar surface area (TPSA) is 58.6 Å². The average molecular weight is 429 g/mol. The van der Waals surface area contributed by atoms with Crippen molar-refractivity contribution in [1.29, 1.82) is 0 Å². The van der Waals surface area contributed by atoms with Crippen molar-refractivity contribution in [1.82, 2.24) is 4.90 Å². The highest BCUT2D eigenvalue weighted by molar-refractivity contribution is 7.94. The van der Waals surface area contributed by atoms with E-state index in [-0.39, 0.29) is 9.90 Å². The van der Waals surface area contributed by atoms with Gasteiger partial charge in [0.15, 0.2) is 5.82 Å². The minimum atomic E-state index is -3.91. The number of hydrogen-bond acceptors (Lipinski definition) is 5. The van der Waals surface area contributed by atoms with Crippen molar-refractivity contribution >= 4 is 48.7 Å². The molecule has 0 fully saturated rings. The number of hydrogen-bond donors (Lipinski definition) is 1.